The molecule has 3 aliphatic rings. The van der Waals surface area contributed by atoms with E-state index in [1.54, 1.807) is 12.1 Å². The molecule has 1 amide bonds. The van der Waals surface area contributed by atoms with Gasteiger partial charge in [0.15, 0.2) is 0 Å². The van der Waals surface area contributed by atoms with Crippen LogP contribution in [0.2, 0.25) is 5.02 Å². The number of piperidine rings is 2. The average molecular weight is 478 g/mol. The fourth-order valence-electron chi connectivity index (χ4n) is 5.49. The lowest BCUT2D eigenvalue weighted by atomic mass is 9.94. The van der Waals surface area contributed by atoms with Crippen LogP contribution in [0.4, 0.5) is 5.69 Å². The molecule has 0 aromatic heterocycles. The average Bonchev–Trinajstić information content (AvgIpc) is 3.35. The largest absolute Gasteiger partial charge is 0.496 e. The van der Waals surface area contributed by atoms with Gasteiger partial charge in [-0.15, -0.1) is 0 Å². The number of nitrogens with two attached hydrogens (primary N) is 1. The van der Waals surface area contributed by atoms with Crippen LogP contribution in [0.5, 0.6) is 5.75 Å². The molecule has 4 rings (SSSR count). The first-order valence-electron chi connectivity index (χ1n) is 12.6. The van der Waals surface area contributed by atoms with E-state index in [2.05, 4.69) is 20.0 Å². The summed E-state index contributed by atoms with van der Waals surface area (Å²) in [6.07, 6.45) is 7.35. The van der Waals surface area contributed by atoms with E-state index in [0.717, 1.165) is 31.8 Å². The Morgan fingerprint density at radius 2 is 1.61 bits per heavy atom. The highest BCUT2D eigenvalue weighted by molar-refractivity contribution is 6.33. The maximum Gasteiger partial charge on any atom is 0.255 e. The molecule has 0 unspecified atom stereocenters. The van der Waals surface area contributed by atoms with Crippen molar-refractivity contribution in [2.24, 2.45) is 5.92 Å². The number of amides is 1. The van der Waals surface area contributed by atoms with Crippen molar-refractivity contribution < 1.29 is 9.53 Å². The molecule has 3 saturated heterocycles. The van der Waals surface area contributed by atoms with E-state index in [1.165, 1.54) is 78.6 Å². The number of anilines is 1. The zero-order chi connectivity index (χ0) is 23.2. The second-order valence-corrected chi connectivity index (χ2v) is 10.4. The van der Waals surface area contributed by atoms with Gasteiger partial charge in [0.1, 0.15) is 5.75 Å². The number of nitrogens with zero attached hydrogens (tertiary/aromatic N) is 3. The van der Waals surface area contributed by atoms with Gasteiger partial charge in [0.25, 0.3) is 5.91 Å². The maximum absolute atomic E-state index is 12.8. The molecule has 3 aliphatic heterocycles. The van der Waals surface area contributed by atoms with Crippen molar-refractivity contribution in [3.63, 3.8) is 0 Å². The van der Waals surface area contributed by atoms with Gasteiger partial charge in [-0.1, -0.05) is 11.6 Å². The van der Waals surface area contributed by atoms with E-state index in [1.807, 2.05) is 0 Å². The van der Waals surface area contributed by atoms with Gasteiger partial charge in [0.05, 0.1) is 23.4 Å². The van der Waals surface area contributed by atoms with Crippen LogP contribution in [0, 0.1) is 5.92 Å². The molecule has 3 fully saturated rings. The van der Waals surface area contributed by atoms with Crippen LogP contribution in [-0.4, -0.2) is 92.7 Å². The van der Waals surface area contributed by atoms with Gasteiger partial charge in [-0.2, -0.15) is 0 Å². The van der Waals surface area contributed by atoms with Crippen LogP contribution in [0.15, 0.2) is 12.1 Å². The van der Waals surface area contributed by atoms with E-state index in [0.29, 0.717) is 22.0 Å². The quantitative estimate of drug-likeness (QED) is 0.561. The lowest BCUT2D eigenvalue weighted by molar-refractivity contribution is 0.0885. The second kappa shape index (κ2) is 11.7. The highest BCUT2D eigenvalue weighted by Gasteiger charge is 2.26. The van der Waals surface area contributed by atoms with Gasteiger partial charge in [0.2, 0.25) is 0 Å². The van der Waals surface area contributed by atoms with Crippen LogP contribution < -0.4 is 15.8 Å². The third-order valence-electron chi connectivity index (χ3n) is 7.64. The number of methoxy groups -OCH3 is 1. The molecule has 33 heavy (non-hydrogen) atoms. The molecule has 1 aromatic carbocycles. The molecule has 7 nitrogen and oxygen atoms in total. The number of hydrogen-bond acceptors (Lipinski definition) is 6. The van der Waals surface area contributed by atoms with Crippen molar-refractivity contribution in [1.82, 2.24) is 20.0 Å². The Kier molecular flexibility index (Phi) is 8.74. The molecule has 8 heteroatoms. The molecule has 3 N–H and O–H groups in total. The molecule has 0 bridgehead atoms. The standard InChI is InChI=1S/C25H40ClN5O2/c1-33-24-17-23(27)22(26)16-21(24)25(32)28-20-6-12-31(13-7-20)18-19-4-10-30(11-5-19)15-14-29-8-2-3-9-29/h16-17,19-20H,2-15,18,27H2,1H3,(H,28,32). The Morgan fingerprint density at radius 1 is 1.00 bits per heavy atom. The molecular weight excluding hydrogens is 438 g/mol. The molecule has 184 valence electrons. The number of likely N-dealkylation sites (tertiary alicyclic amines) is 3. The molecular formula is C25H40ClN5O2. The lowest BCUT2D eigenvalue weighted by Gasteiger charge is -2.38. The smallest absolute Gasteiger partial charge is 0.255 e. The Morgan fingerprint density at radius 3 is 2.24 bits per heavy atom. The number of carbonyl (C=O) groups is 1. The van der Waals surface area contributed by atoms with E-state index in [4.69, 9.17) is 22.1 Å². The van der Waals surface area contributed by atoms with Crippen molar-refractivity contribution in [2.45, 2.75) is 44.6 Å². The highest BCUT2D eigenvalue weighted by Crippen LogP contribution is 2.29. The first-order chi connectivity index (χ1) is 16.0. The summed E-state index contributed by atoms with van der Waals surface area (Å²) in [5.74, 6) is 1.12. The summed E-state index contributed by atoms with van der Waals surface area (Å²) in [5.41, 5.74) is 6.69. The van der Waals surface area contributed by atoms with Crippen molar-refractivity contribution in [1.29, 1.82) is 0 Å². The number of nitrogen functional groups attached to an aromatic ring is 1. The van der Waals surface area contributed by atoms with Crippen molar-refractivity contribution in [3.05, 3.63) is 22.7 Å². The Hall–Kier alpha value is -1.54. The van der Waals surface area contributed by atoms with Crippen LogP contribution >= 0.6 is 11.6 Å². The number of benzene rings is 1. The van der Waals surface area contributed by atoms with E-state index < -0.39 is 0 Å². The second-order valence-electron chi connectivity index (χ2n) is 9.96. The van der Waals surface area contributed by atoms with Crippen LogP contribution in [-0.2, 0) is 0 Å². The van der Waals surface area contributed by atoms with Gasteiger partial charge in [-0.05, 0) is 76.7 Å². The summed E-state index contributed by atoms with van der Waals surface area (Å²) in [6.45, 7) is 10.9. The monoisotopic (exact) mass is 477 g/mol. The summed E-state index contributed by atoms with van der Waals surface area (Å²) in [5, 5.41) is 3.54. The predicted octanol–water partition coefficient (Wildman–Crippen LogP) is 2.93. The first kappa shape index (κ1) is 24.6. The number of carbonyl (C=O) groups excluding carboxylic acids is 1. The molecule has 3 heterocycles. The van der Waals surface area contributed by atoms with Crippen molar-refractivity contribution in [3.8, 4) is 5.75 Å². The normalized spacial score (nSPS) is 22.0. The van der Waals surface area contributed by atoms with Crippen molar-refractivity contribution in [2.75, 3.05) is 71.7 Å². The predicted molar refractivity (Wildman–Crippen MR) is 134 cm³/mol. The van der Waals surface area contributed by atoms with Crippen molar-refractivity contribution >= 4 is 23.2 Å². The minimum absolute atomic E-state index is 0.145. The maximum atomic E-state index is 12.8. The van der Waals surface area contributed by atoms with Crippen LogP contribution in [0.1, 0.15) is 48.9 Å². The van der Waals surface area contributed by atoms with Gasteiger partial charge < -0.3 is 30.5 Å². The number of rotatable bonds is 8. The molecule has 0 atom stereocenters. The van der Waals surface area contributed by atoms with Crippen LogP contribution in [0.25, 0.3) is 0 Å². The summed E-state index contributed by atoms with van der Waals surface area (Å²) < 4.78 is 5.33. The van der Waals surface area contributed by atoms with E-state index >= 15 is 0 Å². The highest BCUT2D eigenvalue weighted by atomic mass is 35.5. The molecule has 1 aromatic rings. The van der Waals surface area contributed by atoms with Gasteiger partial charge in [-0.25, -0.2) is 0 Å². The number of ether oxygens (including phenoxy) is 1. The minimum Gasteiger partial charge on any atom is -0.496 e. The molecule has 0 spiro atoms. The fraction of sp³-hybridized carbons (Fsp3) is 0.720. The third kappa shape index (κ3) is 6.75. The number of nitrogens with one attached hydrogen (secondary N) is 1. The van der Waals surface area contributed by atoms with Gasteiger partial charge >= 0.3 is 0 Å². The van der Waals surface area contributed by atoms with E-state index in [-0.39, 0.29) is 11.9 Å². The van der Waals surface area contributed by atoms with Crippen LogP contribution in [0.3, 0.4) is 0 Å². The summed E-state index contributed by atoms with van der Waals surface area (Å²) in [7, 11) is 1.54. The number of halogens is 1. The van der Waals surface area contributed by atoms with Gasteiger partial charge in [0, 0.05) is 44.8 Å². The van der Waals surface area contributed by atoms with Gasteiger partial charge in [-0.3, -0.25) is 4.79 Å². The van der Waals surface area contributed by atoms with E-state index in [9.17, 15) is 4.79 Å². The fourth-order valence-corrected chi connectivity index (χ4v) is 5.65. The molecule has 0 aliphatic carbocycles. The Labute approximate surface area is 203 Å². The number of hydrogen-bond donors (Lipinski definition) is 2. The SMILES string of the molecule is COc1cc(N)c(Cl)cc1C(=O)NC1CCN(CC2CCN(CCN3CCCC3)CC2)CC1. The lowest BCUT2D eigenvalue weighted by Crippen LogP contribution is -2.47. The minimum atomic E-state index is -0.145. The Bertz CT molecular complexity index is 785. The first-order valence-corrected chi connectivity index (χ1v) is 13.0. The molecule has 0 saturated carbocycles. The third-order valence-corrected chi connectivity index (χ3v) is 7.97. The summed E-state index contributed by atoms with van der Waals surface area (Å²) >= 11 is 6.13. The zero-order valence-corrected chi connectivity index (χ0v) is 20.8. The Balaban J connectivity index is 1.15. The zero-order valence-electron chi connectivity index (χ0n) is 20.0. The molecule has 0 radical (unpaired) electrons. The summed E-state index contributed by atoms with van der Waals surface area (Å²) in [4.78, 5) is 20.7. The topological polar surface area (TPSA) is 74.1 Å². The summed E-state index contributed by atoms with van der Waals surface area (Å²) in [6, 6.07) is 3.39.